The molecule has 5 N–H and O–H groups in total. The molecule has 0 saturated heterocycles. The molecule has 0 unspecified atom stereocenters. The normalized spacial score (nSPS) is 38.1. The van der Waals surface area contributed by atoms with E-state index in [1.54, 1.807) is 0 Å². The SMILES string of the molecule is C[C@H](CCC(=O)O)[C@H]1CC[C@H]2[C@@H]3CC[C@@H]4C[C@](N)(C(=O)CNOCC5c6ccccc6-c6ccccc65)CC[C@]4(C)[C@H]3C[C@H](O)[C@]12C. The molecule has 5 aliphatic rings. The number of carboxylic acid groups (broad SMARTS) is 1. The van der Waals surface area contributed by atoms with Gasteiger partial charge in [0.1, 0.15) is 0 Å². The highest BCUT2D eigenvalue weighted by molar-refractivity contribution is 5.90. The second kappa shape index (κ2) is 12.4. The minimum Gasteiger partial charge on any atom is -0.481 e. The third-order valence-electron chi connectivity index (χ3n) is 14.6. The van der Waals surface area contributed by atoms with Crippen LogP contribution in [0, 0.1) is 46.3 Å². The molecule has 4 fully saturated rings. The standard InChI is InChI=1S/C40H54N2O5/c1-24(12-17-37(45)46)32-15-16-33-30-14-13-25-21-40(41,19-18-38(25,2)34(30)20-35(43)39(32,33)3)36(44)22-42-47-23-31-28-10-6-4-8-26(28)27-9-5-7-11-29(27)31/h4-11,24-25,30-35,42-43H,12-23,41H2,1-3H3,(H,45,46)/t24-,25-,30+,32-,33+,34+,35+,38+,39-,40+/m1/s1. The van der Waals surface area contributed by atoms with Gasteiger partial charge in [-0.2, -0.15) is 5.48 Å². The van der Waals surface area contributed by atoms with E-state index in [0.717, 1.165) is 38.5 Å². The summed E-state index contributed by atoms with van der Waals surface area (Å²) in [6.45, 7) is 7.48. The molecule has 0 spiro atoms. The second-order valence-electron chi connectivity index (χ2n) is 16.5. The van der Waals surface area contributed by atoms with Crippen LogP contribution in [0.25, 0.3) is 11.1 Å². The van der Waals surface area contributed by atoms with E-state index in [2.05, 4.69) is 74.8 Å². The van der Waals surface area contributed by atoms with Crippen LogP contribution in [-0.4, -0.2) is 46.8 Å². The number of fused-ring (bicyclic) bond motifs is 8. The monoisotopic (exact) mass is 642 g/mol. The number of aliphatic hydroxyl groups excluding tert-OH is 1. The van der Waals surface area contributed by atoms with Crippen molar-refractivity contribution in [1.82, 2.24) is 5.48 Å². The van der Waals surface area contributed by atoms with E-state index in [-0.39, 0.29) is 41.6 Å². The summed E-state index contributed by atoms with van der Waals surface area (Å²) >= 11 is 0. The Balaban J connectivity index is 0.968. The number of hydrogen-bond acceptors (Lipinski definition) is 6. The topological polar surface area (TPSA) is 122 Å². The van der Waals surface area contributed by atoms with Gasteiger partial charge in [-0.15, -0.1) is 0 Å². The molecule has 7 rings (SSSR count). The van der Waals surface area contributed by atoms with E-state index < -0.39 is 11.5 Å². The fraction of sp³-hybridized carbons (Fsp3) is 0.650. The van der Waals surface area contributed by atoms with Gasteiger partial charge in [-0.1, -0.05) is 69.3 Å². The summed E-state index contributed by atoms with van der Waals surface area (Å²) in [6, 6.07) is 16.9. The van der Waals surface area contributed by atoms with Crippen molar-refractivity contribution in [2.75, 3.05) is 13.2 Å². The Labute approximate surface area is 280 Å². The number of aliphatic hydroxyl groups is 1. The Morgan fingerprint density at radius 2 is 1.66 bits per heavy atom. The predicted octanol–water partition coefficient (Wildman–Crippen LogP) is 6.72. The van der Waals surface area contributed by atoms with E-state index in [4.69, 9.17) is 10.6 Å². The number of carboxylic acids is 1. The Hall–Kier alpha value is -2.58. The first-order chi connectivity index (χ1) is 22.5. The van der Waals surface area contributed by atoms with Gasteiger partial charge in [-0.05, 0) is 126 Å². The van der Waals surface area contributed by atoms with Crippen molar-refractivity contribution in [1.29, 1.82) is 0 Å². The maximum atomic E-state index is 13.7. The lowest BCUT2D eigenvalue weighted by Gasteiger charge is -2.63. The van der Waals surface area contributed by atoms with Crippen molar-refractivity contribution >= 4 is 11.8 Å². The first kappa shape index (κ1) is 32.9. The number of Topliss-reactive ketones (excluding diaryl/α,β-unsaturated/α-hetero) is 1. The summed E-state index contributed by atoms with van der Waals surface area (Å²) in [6.07, 6.45) is 7.99. The molecule has 0 aliphatic heterocycles. The van der Waals surface area contributed by atoms with Crippen LogP contribution >= 0.6 is 0 Å². The van der Waals surface area contributed by atoms with E-state index in [0.29, 0.717) is 61.4 Å². The summed E-state index contributed by atoms with van der Waals surface area (Å²) in [4.78, 5) is 30.9. The third-order valence-corrected chi connectivity index (χ3v) is 14.6. The van der Waals surface area contributed by atoms with Crippen LogP contribution in [0.4, 0.5) is 0 Å². The van der Waals surface area contributed by atoms with Gasteiger partial charge >= 0.3 is 5.97 Å². The average Bonchev–Trinajstić information content (AvgIpc) is 3.58. The van der Waals surface area contributed by atoms with Crippen molar-refractivity contribution in [3.63, 3.8) is 0 Å². The zero-order chi connectivity index (χ0) is 33.1. The predicted molar refractivity (Wildman–Crippen MR) is 182 cm³/mol. The van der Waals surface area contributed by atoms with Crippen LogP contribution in [0.5, 0.6) is 0 Å². The Morgan fingerprint density at radius 3 is 2.34 bits per heavy atom. The van der Waals surface area contributed by atoms with E-state index in [1.165, 1.54) is 22.3 Å². The van der Waals surface area contributed by atoms with Crippen LogP contribution in [0.15, 0.2) is 48.5 Å². The minimum atomic E-state index is -0.861. The molecule has 0 bridgehead atoms. The minimum absolute atomic E-state index is 0.0270. The summed E-state index contributed by atoms with van der Waals surface area (Å²) in [5.74, 6) is 1.91. The average molecular weight is 643 g/mol. The lowest BCUT2D eigenvalue weighted by atomic mass is 9.42. The van der Waals surface area contributed by atoms with E-state index in [1.807, 2.05) is 0 Å². The lowest BCUT2D eigenvalue weighted by molar-refractivity contribution is -0.174. The number of hydroxylamine groups is 1. The van der Waals surface area contributed by atoms with Gasteiger partial charge in [0.25, 0.3) is 0 Å². The van der Waals surface area contributed by atoms with Crippen molar-refractivity contribution in [3.05, 3.63) is 59.7 Å². The maximum absolute atomic E-state index is 13.7. The summed E-state index contributed by atoms with van der Waals surface area (Å²) in [7, 11) is 0. The number of benzene rings is 2. The van der Waals surface area contributed by atoms with Crippen LogP contribution in [0.2, 0.25) is 0 Å². The van der Waals surface area contributed by atoms with Crippen LogP contribution in [0.3, 0.4) is 0 Å². The molecule has 7 heteroatoms. The van der Waals surface area contributed by atoms with Gasteiger partial charge in [-0.3, -0.25) is 9.59 Å². The summed E-state index contributed by atoms with van der Waals surface area (Å²) in [5.41, 5.74) is 14.0. The quantitative estimate of drug-likeness (QED) is 0.168. The van der Waals surface area contributed by atoms with Crippen molar-refractivity contribution in [3.8, 4) is 11.1 Å². The fourth-order valence-corrected chi connectivity index (χ4v) is 11.9. The Kier molecular flexibility index (Phi) is 8.68. The zero-order valence-electron chi connectivity index (χ0n) is 28.4. The number of rotatable bonds is 10. The molecule has 10 atom stereocenters. The van der Waals surface area contributed by atoms with E-state index in [9.17, 15) is 19.8 Å². The number of ketones is 1. The van der Waals surface area contributed by atoms with Crippen LogP contribution < -0.4 is 11.2 Å². The summed E-state index contributed by atoms with van der Waals surface area (Å²) < 4.78 is 0. The smallest absolute Gasteiger partial charge is 0.303 e. The first-order valence-corrected chi connectivity index (χ1v) is 18.2. The van der Waals surface area contributed by atoms with E-state index >= 15 is 0 Å². The first-order valence-electron chi connectivity index (χ1n) is 18.2. The molecule has 254 valence electrons. The molecular weight excluding hydrogens is 588 g/mol. The number of nitrogens with one attached hydrogen (secondary N) is 1. The zero-order valence-corrected chi connectivity index (χ0v) is 28.4. The number of nitrogens with two attached hydrogens (primary N) is 1. The molecule has 5 aliphatic carbocycles. The molecule has 2 aromatic rings. The Bertz CT molecular complexity index is 1470. The molecule has 7 nitrogen and oxygen atoms in total. The maximum Gasteiger partial charge on any atom is 0.303 e. The largest absolute Gasteiger partial charge is 0.481 e. The molecule has 0 amide bonds. The third kappa shape index (κ3) is 5.40. The highest BCUT2D eigenvalue weighted by Crippen LogP contribution is 2.68. The molecule has 4 saturated carbocycles. The number of carbonyl (C=O) groups excluding carboxylic acids is 1. The molecule has 47 heavy (non-hydrogen) atoms. The number of carbonyl (C=O) groups is 2. The van der Waals surface area contributed by atoms with Crippen molar-refractivity contribution in [2.45, 2.75) is 103 Å². The second-order valence-corrected chi connectivity index (χ2v) is 16.5. The van der Waals surface area contributed by atoms with Crippen molar-refractivity contribution in [2.24, 2.45) is 52.1 Å². The number of hydrogen-bond donors (Lipinski definition) is 4. The molecule has 0 heterocycles. The van der Waals surface area contributed by atoms with Gasteiger partial charge in [0.15, 0.2) is 5.78 Å². The van der Waals surface area contributed by atoms with Gasteiger partial charge in [0, 0.05) is 12.3 Å². The fourth-order valence-electron chi connectivity index (χ4n) is 11.9. The summed E-state index contributed by atoms with van der Waals surface area (Å²) in [5, 5.41) is 21.1. The molecule has 2 aromatic carbocycles. The van der Waals surface area contributed by atoms with Gasteiger partial charge in [0.2, 0.25) is 0 Å². The Morgan fingerprint density at radius 1 is 0.979 bits per heavy atom. The van der Waals surface area contributed by atoms with Gasteiger partial charge < -0.3 is 20.8 Å². The van der Waals surface area contributed by atoms with Gasteiger partial charge in [0.05, 0.1) is 24.8 Å². The van der Waals surface area contributed by atoms with Crippen LogP contribution in [0.1, 0.15) is 102 Å². The van der Waals surface area contributed by atoms with Gasteiger partial charge in [-0.25, -0.2) is 0 Å². The number of aliphatic carboxylic acids is 1. The molecular formula is C40H54N2O5. The lowest BCUT2D eigenvalue weighted by Crippen LogP contribution is -2.63. The molecule has 0 radical (unpaired) electrons. The van der Waals surface area contributed by atoms with Crippen LogP contribution in [-0.2, 0) is 14.4 Å². The highest BCUT2D eigenvalue weighted by Gasteiger charge is 2.64. The highest BCUT2D eigenvalue weighted by atomic mass is 16.6. The van der Waals surface area contributed by atoms with Crippen molar-refractivity contribution < 1.29 is 24.6 Å². The molecule has 0 aromatic heterocycles.